The number of rotatable bonds is 19. The molecular formula is C25H49FO2. The van der Waals surface area contributed by atoms with Crippen LogP contribution in [0.1, 0.15) is 130 Å². The molecule has 0 fully saturated rings. The second kappa shape index (κ2) is 26.1. The molecule has 0 aromatic rings. The number of hydrogen-bond donors (Lipinski definition) is 0. The molecule has 3 heteroatoms. The minimum absolute atomic E-state index is 0.128. The molecule has 168 valence electrons. The Morgan fingerprint density at radius 3 is 1.39 bits per heavy atom. The third-order valence-corrected chi connectivity index (χ3v) is 4.82. The quantitative estimate of drug-likeness (QED) is 0.123. The Balaban J connectivity index is 0. The normalized spacial score (nSPS) is 10.3. The van der Waals surface area contributed by atoms with Gasteiger partial charge in [-0.15, -0.1) is 0 Å². The molecule has 0 amide bonds. The first-order valence-corrected chi connectivity index (χ1v) is 12.0. The molecule has 0 aliphatic carbocycles. The zero-order valence-electron chi connectivity index (χ0n) is 19.3. The summed E-state index contributed by atoms with van der Waals surface area (Å²) < 4.78 is 16.7. The summed E-state index contributed by atoms with van der Waals surface area (Å²) in [6, 6.07) is 0. The average molecular weight is 401 g/mol. The summed E-state index contributed by atoms with van der Waals surface area (Å²) in [5.41, 5.74) is 0.482. The molecule has 0 radical (unpaired) electrons. The van der Waals surface area contributed by atoms with Gasteiger partial charge in [0.25, 0.3) is 0 Å². The Kier molecular flexibility index (Phi) is 27.4. The molecule has 2 nitrogen and oxygen atoms in total. The van der Waals surface area contributed by atoms with Crippen LogP contribution in [-0.4, -0.2) is 19.3 Å². The van der Waals surface area contributed by atoms with Gasteiger partial charge in [0.2, 0.25) is 0 Å². The van der Waals surface area contributed by atoms with Gasteiger partial charge in [0.15, 0.2) is 0 Å². The lowest BCUT2D eigenvalue weighted by molar-refractivity contribution is -0.139. The fourth-order valence-corrected chi connectivity index (χ4v) is 2.93. The highest BCUT2D eigenvalue weighted by Crippen LogP contribution is 2.11. The predicted molar refractivity (Wildman–Crippen MR) is 122 cm³/mol. The largest absolute Gasteiger partial charge is 0.462 e. The third kappa shape index (κ3) is 27.4. The molecule has 28 heavy (non-hydrogen) atoms. The summed E-state index contributed by atoms with van der Waals surface area (Å²) in [6.07, 6.45) is 21.4. The van der Waals surface area contributed by atoms with Crippen molar-refractivity contribution in [3.05, 3.63) is 12.2 Å². The number of halogens is 1. The smallest absolute Gasteiger partial charge is 0.333 e. The van der Waals surface area contributed by atoms with Crippen LogP contribution in [0, 0.1) is 0 Å². The van der Waals surface area contributed by atoms with E-state index in [1.165, 1.54) is 83.5 Å². The van der Waals surface area contributed by atoms with Gasteiger partial charge in [0, 0.05) is 5.57 Å². The van der Waals surface area contributed by atoms with Crippen molar-refractivity contribution in [3.63, 3.8) is 0 Å². The Labute approximate surface area is 175 Å². The SMILES string of the molecule is C=C(C)C(=O)OCCCCCCCC.CCCCCCCCCCCCCF. The third-order valence-electron chi connectivity index (χ3n) is 4.82. The van der Waals surface area contributed by atoms with E-state index in [0.717, 1.165) is 25.7 Å². The van der Waals surface area contributed by atoms with Gasteiger partial charge in [-0.3, -0.25) is 4.39 Å². The van der Waals surface area contributed by atoms with Crippen LogP contribution in [0.4, 0.5) is 4.39 Å². The van der Waals surface area contributed by atoms with E-state index in [0.29, 0.717) is 12.2 Å². The van der Waals surface area contributed by atoms with E-state index in [9.17, 15) is 9.18 Å². The second-order valence-corrected chi connectivity index (χ2v) is 7.91. The van der Waals surface area contributed by atoms with Gasteiger partial charge in [-0.05, 0) is 19.8 Å². The van der Waals surface area contributed by atoms with Crippen molar-refractivity contribution in [1.82, 2.24) is 0 Å². The summed E-state index contributed by atoms with van der Waals surface area (Å²) in [6.45, 7) is 10.1. The van der Waals surface area contributed by atoms with Crippen molar-refractivity contribution in [1.29, 1.82) is 0 Å². The topological polar surface area (TPSA) is 26.3 Å². The number of carbonyl (C=O) groups excluding carboxylic acids is 1. The van der Waals surface area contributed by atoms with E-state index in [4.69, 9.17) is 4.74 Å². The minimum Gasteiger partial charge on any atom is -0.462 e. The molecule has 0 spiro atoms. The maximum atomic E-state index is 11.7. The van der Waals surface area contributed by atoms with E-state index in [2.05, 4.69) is 20.4 Å². The first kappa shape index (κ1) is 29.3. The molecule has 0 N–H and O–H groups in total. The fourth-order valence-electron chi connectivity index (χ4n) is 2.93. The van der Waals surface area contributed by atoms with Crippen molar-refractivity contribution < 1.29 is 13.9 Å². The van der Waals surface area contributed by atoms with Gasteiger partial charge < -0.3 is 4.74 Å². The monoisotopic (exact) mass is 400 g/mol. The van der Waals surface area contributed by atoms with E-state index < -0.39 is 0 Å². The van der Waals surface area contributed by atoms with E-state index in [1.54, 1.807) is 6.92 Å². The molecule has 0 aromatic heterocycles. The maximum Gasteiger partial charge on any atom is 0.333 e. The van der Waals surface area contributed by atoms with Gasteiger partial charge in [-0.1, -0.05) is 117 Å². The Hall–Kier alpha value is -0.860. The molecule has 0 rings (SSSR count). The fraction of sp³-hybridized carbons (Fsp3) is 0.880. The molecule has 0 aliphatic rings. The molecule has 0 unspecified atom stereocenters. The standard InChI is InChI=1S/C13H27F.C12H22O2/c1-2-3-4-5-6-7-8-9-10-11-12-13-14;1-4-5-6-7-8-9-10-14-12(13)11(2)3/h2-13H2,1H3;2,4-10H2,1,3H3. The molecule has 0 atom stereocenters. The van der Waals surface area contributed by atoms with E-state index >= 15 is 0 Å². The van der Waals surface area contributed by atoms with Crippen LogP contribution in [0.25, 0.3) is 0 Å². The molecule has 0 saturated carbocycles. The van der Waals surface area contributed by atoms with Crippen molar-refractivity contribution in [3.8, 4) is 0 Å². The Bertz CT molecular complexity index is 317. The number of carbonyl (C=O) groups is 1. The molecule has 0 heterocycles. The Morgan fingerprint density at radius 2 is 1.04 bits per heavy atom. The summed E-state index contributed by atoms with van der Waals surface area (Å²) in [5, 5.41) is 0. The van der Waals surface area contributed by atoms with E-state index in [-0.39, 0.29) is 12.6 Å². The molecule has 0 aromatic carbocycles. The number of unbranched alkanes of at least 4 members (excludes halogenated alkanes) is 15. The van der Waals surface area contributed by atoms with Gasteiger partial charge in [-0.25, -0.2) is 4.79 Å². The number of alkyl halides is 1. The van der Waals surface area contributed by atoms with Gasteiger partial charge in [-0.2, -0.15) is 0 Å². The predicted octanol–water partition coefficient (Wildman–Crippen LogP) is 8.73. The van der Waals surface area contributed by atoms with Crippen molar-refractivity contribution in [2.24, 2.45) is 0 Å². The lowest BCUT2D eigenvalue weighted by Gasteiger charge is -2.03. The minimum atomic E-state index is -0.265. The molecule has 0 bridgehead atoms. The average Bonchev–Trinajstić information content (AvgIpc) is 2.69. The first-order chi connectivity index (χ1) is 13.6. The Morgan fingerprint density at radius 1 is 0.679 bits per heavy atom. The second-order valence-electron chi connectivity index (χ2n) is 7.91. The number of esters is 1. The highest BCUT2D eigenvalue weighted by atomic mass is 19.1. The highest BCUT2D eigenvalue weighted by Gasteiger charge is 2.01. The molecule has 0 aliphatic heterocycles. The maximum absolute atomic E-state index is 11.7. The highest BCUT2D eigenvalue weighted by molar-refractivity contribution is 5.86. The van der Waals surface area contributed by atoms with Crippen LogP contribution in [0.2, 0.25) is 0 Å². The van der Waals surface area contributed by atoms with Crippen LogP contribution < -0.4 is 0 Å². The first-order valence-electron chi connectivity index (χ1n) is 12.0. The van der Waals surface area contributed by atoms with Crippen LogP contribution in [-0.2, 0) is 9.53 Å². The number of hydrogen-bond acceptors (Lipinski definition) is 2. The van der Waals surface area contributed by atoms with Crippen LogP contribution in [0.5, 0.6) is 0 Å². The van der Waals surface area contributed by atoms with Gasteiger partial charge >= 0.3 is 5.97 Å². The summed E-state index contributed by atoms with van der Waals surface area (Å²) in [4.78, 5) is 11.0. The zero-order valence-corrected chi connectivity index (χ0v) is 19.3. The number of ether oxygens (including phenoxy) is 1. The van der Waals surface area contributed by atoms with Gasteiger partial charge in [0.05, 0.1) is 13.3 Å². The van der Waals surface area contributed by atoms with Gasteiger partial charge in [0.1, 0.15) is 0 Å². The zero-order chi connectivity index (χ0) is 21.3. The lowest BCUT2D eigenvalue weighted by Crippen LogP contribution is -2.05. The lowest BCUT2D eigenvalue weighted by atomic mass is 10.1. The summed E-state index contributed by atoms with van der Waals surface area (Å²) >= 11 is 0. The summed E-state index contributed by atoms with van der Waals surface area (Å²) in [7, 11) is 0. The molecule has 0 saturated heterocycles. The van der Waals surface area contributed by atoms with Crippen LogP contribution >= 0.6 is 0 Å². The van der Waals surface area contributed by atoms with Crippen LogP contribution in [0.15, 0.2) is 12.2 Å². The van der Waals surface area contributed by atoms with Crippen LogP contribution in [0.3, 0.4) is 0 Å². The van der Waals surface area contributed by atoms with Crippen molar-refractivity contribution >= 4 is 5.97 Å². The molecular weight excluding hydrogens is 351 g/mol. The van der Waals surface area contributed by atoms with Crippen molar-refractivity contribution in [2.75, 3.05) is 13.3 Å². The van der Waals surface area contributed by atoms with E-state index in [1.807, 2.05) is 0 Å². The van der Waals surface area contributed by atoms with Crippen molar-refractivity contribution in [2.45, 2.75) is 130 Å². The summed E-state index contributed by atoms with van der Waals surface area (Å²) in [5.74, 6) is -0.265.